The van der Waals surface area contributed by atoms with Gasteiger partial charge in [0.2, 0.25) is 0 Å². The molecule has 1 radical (unpaired) electrons. The molecule has 0 unspecified atom stereocenters. The Morgan fingerprint density at radius 2 is 1.94 bits per heavy atom. The van der Waals surface area contributed by atoms with Crippen LogP contribution in [0.4, 0.5) is 10.8 Å². The van der Waals surface area contributed by atoms with E-state index in [1.807, 2.05) is 42.5 Å². The third-order valence-electron chi connectivity index (χ3n) is 2.24. The van der Waals surface area contributed by atoms with Crippen molar-refractivity contribution in [3.05, 3.63) is 54.6 Å². The summed E-state index contributed by atoms with van der Waals surface area (Å²) in [5.74, 6) is 0. The SMILES string of the molecule is [c]1ccccc1Nc1nc2ccccc2s1. The lowest BCUT2D eigenvalue weighted by Gasteiger charge is -1.99. The average molecular weight is 225 g/mol. The predicted octanol–water partition coefficient (Wildman–Crippen LogP) is 3.84. The molecule has 0 aliphatic rings. The second kappa shape index (κ2) is 3.94. The van der Waals surface area contributed by atoms with Gasteiger partial charge in [-0.2, -0.15) is 0 Å². The Balaban J connectivity index is 1.95. The molecule has 0 saturated carbocycles. The molecule has 0 aliphatic heterocycles. The number of aromatic nitrogens is 1. The number of anilines is 2. The second-order valence-electron chi connectivity index (χ2n) is 3.39. The molecule has 0 atom stereocenters. The van der Waals surface area contributed by atoms with Crippen LogP contribution < -0.4 is 5.32 Å². The molecule has 0 spiro atoms. The van der Waals surface area contributed by atoms with E-state index in [-0.39, 0.29) is 0 Å². The Kier molecular flexibility index (Phi) is 2.31. The van der Waals surface area contributed by atoms with Gasteiger partial charge in [0.25, 0.3) is 0 Å². The normalized spacial score (nSPS) is 10.5. The standard InChI is InChI=1S/C13H9N2S/c1-2-6-10(7-3-1)14-13-15-11-8-4-5-9-12(11)16-13/h1-6,8-9H,(H,14,15). The number of hydrogen-bond acceptors (Lipinski definition) is 3. The summed E-state index contributed by atoms with van der Waals surface area (Å²) in [7, 11) is 0. The molecule has 1 N–H and O–H groups in total. The highest BCUT2D eigenvalue weighted by Crippen LogP contribution is 2.27. The maximum Gasteiger partial charge on any atom is 0.188 e. The molecule has 2 aromatic carbocycles. The van der Waals surface area contributed by atoms with E-state index in [0.29, 0.717) is 0 Å². The predicted molar refractivity (Wildman–Crippen MR) is 68.2 cm³/mol. The lowest BCUT2D eigenvalue weighted by atomic mass is 10.3. The molecule has 2 nitrogen and oxygen atoms in total. The highest BCUT2D eigenvalue weighted by Gasteiger charge is 2.02. The Hall–Kier alpha value is -1.87. The van der Waals surface area contributed by atoms with Gasteiger partial charge in [-0.15, -0.1) is 0 Å². The van der Waals surface area contributed by atoms with Gasteiger partial charge in [-0.1, -0.05) is 41.7 Å². The molecule has 3 rings (SSSR count). The van der Waals surface area contributed by atoms with Crippen molar-refractivity contribution in [1.29, 1.82) is 0 Å². The number of rotatable bonds is 2. The van der Waals surface area contributed by atoms with Crippen LogP contribution >= 0.6 is 11.3 Å². The van der Waals surface area contributed by atoms with E-state index in [0.717, 1.165) is 16.3 Å². The summed E-state index contributed by atoms with van der Waals surface area (Å²) in [6, 6.07) is 19.0. The molecule has 0 saturated heterocycles. The summed E-state index contributed by atoms with van der Waals surface area (Å²) < 4.78 is 1.20. The van der Waals surface area contributed by atoms with E-state index in [1.165, 1.54) is 4.70 Å². The molecule has 1 heterocycles. The Bertz CT molecular complexity index is 568. The number of fused-ring (bicyclic) bond motifs is 1. The van der Waals surface area contributed by atoms with Crippen LogP contribution in [0.25, 0.3) is 10.2 Å². The third kappa shape index (κ3) is 1.77. The summed E-state index contributed by atoms with van der Waals surface area (Å²) in [5, 5.41) is 4.15. The van der Waals surface area contributed by atoms with Gasteiger partial charge in [-0.3, -0.25) is 0 Å². The first-order valence-corrected chi connectivity index (χ1v) is 5.83. The van der Waals surface area contributed by atoms with E-state index in [1.54, 1.807) is 11.3 Å². The minimum atomic E-state index is 0.906. The van der Waals surface area contributed by atoms with Gasteiger partial charge in [0.1, 0.15) is 0 Å². The van der Waals surface area contributed by atoms with Crippen molar-refractivity contribution < 1.29 is 0 Å². The lowest BCUT2D eigenvalue weighted by Crippen LogP contribution is -1.87. The van der Waals surface area contributed by atoms with Crippen LogP contribution in [0.15, 0.2) is 48.5 Å². The topological polar surface area (TPSA) is 24.9 Å². The lowest BCUT2D eigenvalue weighted by molar-refractivity contribution is 1.44. The number of benzene rings is 2. The van der Waals surface area contributed by atoms with E-state index >= 15 is 0 Å². The quantitative estimate of drug-likeness (QED) is 0.716. The number of thiazole rings is 1. The first-order valence-electron chi connectivity index (χ1n) is 5.01. The highest BCUT2D eigenvalue weighted by molar-refractivity contribution is 7.22. The molecule has 3 heteroatoms. The summed E-state index contributed by atoms with van der Waals surface area (Å²) in [6.45, 7) is 0. The molecule has 0 bridgehead atoms. The van der Waals surface area contributed by atoms with Gasteiger partial charge >= 0.3 is 0 Å². The molecule has 77 valence electrons. The third-order valence-corrected chi connectivity index (χ3v) is 3.20. The number of nitrogens with zero attached hydrogens (tertiary/aromatic N) is 1. The molecular formula is C13H9N2S. The monoisotopic (exact) mass is 225 g/mol. The maximum absolute atomic E-state index is 4.50. The minimum absolute atomic E-state index is 0.906. The first-order chi connectivity index (χ1) is 7.92. The van der Waals surface area contributed by atoms with Crippen LogP contribution in [0.1, 0.15) is 0 Å². The van der Waals surface area contributed by atoms with Gasteiger partial charge in [-0.25, -0.2) is 4.98 Å². The average Bonchev–Trinajstić information content (AvgIpc) is 2.72. The number of nitrogens with one attached hydrogen (secondary N) is 1. The summed E-state index contributed by atoms with van der Waals surface area (Å²) in [6.07, 6.45) is 0. The zero-order valence-electron chi connectivity index (χ0n) is 8.47. The van der Waals surface area contributed by atoms with Gasteiger partial charge in [0.05, 0.1) is 10.2 Å². The van der Waals surface area contributed by atoms with Gasteiger partial charge < -0.3 is 5.32 Å². The fourth-order valence-corrected chi connectivity index (χ4v) is 2.39. The Morgan fingerprint density at radius 3 is 2.75 bits per heavy atom. The van der Waals surface area contributed by atoms with Gasteiger partial charge in [0.15, 0.2) is 5.13 Å². The van der Waals surface area contributed by atoms with E-state index in [2.05, 4.69) is 22.4 Å². The fourth-order valence-electron chi connectivity index (χ4n) is 1.51. The molecule has 1 aromatic heterocycles. The molecular weight excluding hydrogens is 216 g/mol. The summed E-state index contributed by atoms with van der Waals surface area (Å²) in [4.78, 5) is 4.50. The van der Waals surface area contributed by atoms with Crippen molar-refractivity contribution in [2.45, 2.75) is 0 Å². The van der Waals surface area contributed by atoms with Crippen molar-refractivity contribution in [3.63, 3.8) is 0 Å². The fraction of sp³-hybridized carbons (Fsp3) is 0. The van der Waals surface area contributed by atoms with Gasteiger partial charge in [0, 0.05) is 11.8 Å². The molecule has 0 fully saturated rings. The molecule has 0 aliphatic carbocycles. The van der Waals surface area contributed by atoms with Crippen molar-refractivity contribution in [2.24, 2.45) is 0 Å². The Morgan fingerprint density at radius 1 is 1.06 bits per heavy atom. The van der Waals surface area contributed by atoms with E-state index < -0.39 is 0 Å². The first kappa shape index (κ1) is 9.36. The van der Waals surface area contributed by atoms with Crippen LogP contribution in [0.5, 0.6) is 0 Å². The van der Waals surface area contributed by atoms with E-state index in [4.69, 9.17) is 0 Å². The Labute approximate surface area is 97.6 Å². The van der Waals surface area contributed by atoms with Crippen LogP contribution in [0.2, 0.25) is 0 Å². The van der Waals surface area contributed by atoms with Crippen LogP contribution in [0.3, 0.4) is 0 Å². The maximum atomic E-state index is 4.50. The number of para-hydroxylation sites is 2. The van der Waals surface area contributed by atoms with Crippen LogP contribution in [-0.2, 0) is 0 Å². The summed E-state index contributed by atoms with van der Waals surface area (Å²) >= 11 is 1.65. The molecule has 0 amide bonds. The number of hydrogen-bond donors (Lipinski definition) is 1. The molecule has 3 aromatic rings. The zero-order chi connectivity index (χ0) is 10.8. The second-order valence-corrected chi connectivity index (χ2v) is 4.42. The largest absolute Gasteiger partial charge is 0.331 e. The van der Waals surface area contributed by atoms with Crippen molar-refractivity contribution in [2.75, 3.05) is 5.32 Å². The highest BCUT2D eigenvalue weighted by atomic mass is 32.1. The van der Waals surface area contributed by atoms with E-state index in [9.17, 15) is 0 Å². The smallest absolute Gasteiger partial charge is 0.188 e. The van der Waals surface area contributed by atoms with Gasteiger partial charge in [-0.05, 0) is 18.2 Å². The molecule has 16 heavy (non-hydrogen) atoms. The van der Waals surface area contributed by atoms with Crippen LogP contribution in [-0.4, -0.2) is 4.98 Å². The van der Waals surface area contributed by atoms with Crippen molar-refractivity contribution in [3.8, 4) is 0 Å². The summed E-state index contributed by atoms with van der Waals surface area (Å²) in [5.41, 5.74) is 1.98. The van der Waals surface area contributed by atoms with Crippen molar-refractivity contribution >= 4 is 32.4 Å². The zero-order valence-corrected chi connectivity index (χ0v) is 9.29. The van der Waals surface area contributed by atoms with Crippen LogP contribution in [0, 0.1) is 6.07 Å². The minimum Gasteiger partial charge on any atom is -0.331 e. The van der Waals surface area contributed by atoms with Crippen molar-refractivity contribution in [1.82, 2.24) is 4.98 Å².